The van der Waals surface area contributed by atoms with Crippen LogP contribution >= 0.6 is 11.3 Å². The Morgan fingerprint density at radius 2 is 2.39 bits per heavy atom. The molecular weight excluding hydrogens is 246 g/mol. The molecule has 0 fully saturated rings. The number of anilines is 1. The molecule has 1 unspecified atom stereocenters. The smallest absolute Gasteiger partial charge is 0.250 e. The van der Waals surface area contributed by atoms with Gasteiger partial charge in [0.05, 0.1) is 0 Å². The number of aromatic nitrogens is 1. The molecule has 0 aromatic carbocycles. The molecule has 18 heavy (non-hydrogen) atoms. The number of nitrogens with one attached hydrogen (secondary N) is 2. The molecular formula is C13H15N3OS. The molecule has 0 saturated carbocycles. The molecule has 0 saturated heterocycles. The topological polar surface area (TPSA) is 48.1 Å². The number of nitrogens with zero attached hydrogens (tertiary/aromatic N) is 1. The van der Waals surface area contributed by atoms with E-state index in [4.69, 9.17) is 0 Å². The number of carbonyl (C=O) groups excluding carboxylic acids is 1. The van der Waals surface area contributed by atoms with Crippen LogP contribution in [0.2, 0.25) is 0 Å². The van der Waals surface area contributed by atoms with Crippen molar-refractivity contribution in [2.75, 3.05) is 18.5 Å². The van der Waals surface area contributed by atoms with Gasteiger partial charge in [-0.2, -0.15) is 0 Å². The summed E-state index contributed by atoms with van der Waals surface area (Å²) in [7, 11) is 1.84. The van der Waals surface area contributed by atoms with Crippen LogP contribution in [-0.2, 0) is 11.2 Å². The SMILES string of the molecule is CNC1C(=O)N(c2ccc[nH]2)CCc2ccsc21. The van der Waals surface area contributed by atoms with Crippen molar-refractivity contribution < 1.29 is 4.79 Å². The predicted molar refractivity (Wildman–Crippen MR) is 73.0 cm³/mol. The van der Waals surface area contributed by atoms with Gasteiger partial charge in [-0.1, -0.05) is 0 Å². The normalized spacial score (nSPS) is 19.7. The second-order valence-corrected chi connectivity index (χ2v) is 5.27. The van der Waals surface area contributed by atoms with Gasteiger partial charge < -0.3 is 10.3 Å². The molecule has 3 rings (SSSR count). The van der Waals surface area contributed by atoms with Crippen LogP contribution in [0.15, 0.2) is 29.8 Å². The number of aromatic amines is 1. The number of rotatable bonds is 2. The van der Waals surface area contributed by atoms with Crippen molar-refractivity contribution in [2.45, 2.75) is 12.5 Å². The molecule has 2 N–H and O–H groups in total. The molecule has 0 bridgehead atoms. The lowest BCUT2D eigenvalue weighted by Crippen LogP contribution is -2.39. The summed E-state index contributed by atoms with van der Waals surface area (Å²) in [5.41, 5.74) is 1.28. The Labute approximate surface area is 110 Å². The molecule has 4 nitrogen and oxygen atoms in total. The maximum absolute atomic E-state index is 12.6. The highest BCUT2D eigenvalue weighted by molar-refractivity contribution is 7.10. The van der Waals surface area contributed by atoms with E-state index < -0.39 is 0 Å². The number of thiophene rings is 1. The van der Waals surface area contributed by atoms with E-state index in [-0.39, 0.29) is 11.9 Å². The van der Waals surface area contributed by atoms with Crippen LogP contribution in [0.5, 0.6) is 0 Å². The summed E-state index contributed by atoms with van der Waals surface area (Å²) in [5, 5.41) is 5.20. The van der Waals surface area contributed by atoms with Crippen LogP contribution in [0.25, 0.3) is 0 Å². The Bertz CT molecular complexity index is 546. The van der Waals surface area contributed by atoms with E-state index in [1.807, 2.05) is 30.3 Å². The van der Waals surface area contributed by atoms with Crippen LogP contribution in [0.1, 0.15) is 16.5 Å². The Morgan fingerprint density at radius 1 is 1.50 bits per heavy atom. The first-order chi connectivity index (χ1) is 8.81. The van der Waals surface area contributed by atoms with Gasteiger partial charge in [0.2, 0.25) is 0 Å². The molecule has 0 spiro atoms. The van der Waals surface area contributed by atoms with Gasteiger partial charge in [-0.25, -0.2) is 0 Å². The van der Waals surface area contributed by atoms with Gasteiger partial charge in [0.15, 0.2) is 0 Å². The summed E-state index contributed by atoms with van der Waals surface area (Å²) in [5.74, 6) is 0.983. The first kappa shape index (κ1) is 11.5. The number of likely N-dealkylation sites (N-methyl/N-ethyl adjacent to an activating group) is 1. The largest absolute Gasteiger partial charge is 0.348 e. The minimum absolute atomic E-state index is 0.112. The van der Waals surface area contributed by atoms with E-state index in [9.17, 15) is 4.79 Å². The number of amides is 1. The third-order valence-corrected chi connectivity index (χ3v) is 4.35. The number of carbonyl (C=O) groups is 1. The highest BCUT2D eigenvalue weighted by atomic mass is 32.1. The van der Waals surface area contributed by atoms with E-state index >= 15 is 0 Å². The summed E-state index contributed by atoms with van der Waals surface area (Å²) in [6.45, 7) is 0.723. The minimum Gasteiger partial charge on any atom is -0.348 e. The Hall–Kier alpha value is -1.59. The lowest BCUT2D eigenvalue weighted by molar-refractivity contribution is -0.120. The number of hydrogen-bond donors (Lipinski definition) is 2. The number of fused-ring (bicyclic) bond motifs is 1. The van der Waals surface area contributed by atoms with Gasteiger partial charge in [0, 0.05) is 17.6 Å². The standard InChI is InChI=1S/C13H15N3OS/c1-14-11-12-9(5-8-18-12)4-7-16(13(11)17)10-3-2-6-15-10/h2-3,5-6,8,11,14-15H,4,7H2,1H3. The second-order valence-electron chi connectivity index (χ2n) is 4.33. The summed E-state index contributed by atoms with van der Waals surface area (Å²) in [6.07, 6.45) is 2.75. The molecule has 2 aromatic heterocycles. The molecule has 1 aliphatic rings. The van der Waals surface area contributed by atoms with Crippen molar-refractivity contribution in [3.63, 3.8) is 0 Å². The molecule has 2 aromatic rings. The highest BCUT2D eigenvalue weighted by Gasteiger charge is 2.31. The number of H-pyrrole nitrogens is 1. The fraction of sp³-hybridized carbons (Fsp3) is 0.308. The maximum Gasteiger partial charge on any atom is 0.250 e. The number of hydrogen-bond acceptors (Lipinski definition) is 3. The highest BCUT2D eigenvalue weighted by Crippen LogP contribution is 2.30. The maximum atomic E-state index is 12.6. The Balaban J connectivity index is 1.99. The summed E-state index contributed by atoms with van der Waals surface area (Å²) < 4.78 is 0. The van der Waals surface area contributed by atoms with Crippen molar-refractivity contribution >= 4 is 23.1 Å². The zero-order chi connectivity index (χ0) is 12.5. The van der Waals surface area contributed by atoms with Crippen molar-refractivity contribution in [1.82, 2.24) is 10.3 Å². The predicted octanol–water partition coefficient (Wildman–Crippen LogP) is 1.93. The van der Waals surface area contributed by atoms with Gasteiger partial charge in [-0.05, 0) is 42.6 Å². The molecule has 1 aliphatic heterocycles. The van der Waals surface area contributed by atoms with Crippen LogP contribution < -0.4 is 10.2 Å². The van der Waals surface area contributed by atoms with Crippen molar-refractivity contribution in [3.05, 3.63) is 40.2 Å². The van der Waals surface area contributed by atoms with E-state index in [1.54, 1.807) is 11.3 Å². The lowest BCUT2D eigenvalue weighted by Gasteiger charge is -2.22. The second kappa shape index (κ2) is 4.59. The minimum atomic E-state index is -0.231. The van der Waals surface area contributed by atoms with Gasteiger partial charge in [0.25, 0.3) is 5.91 Å². The van der Waals surface area contributed by atoms with Crippen LogP contribution in [-0.4, -0.2) is 24.5 Å². The van der Waals surface area contributed by atoms with Gasteiger partial charge in [0.1, 0.15) is 11.9 Å². The summed E-state index contributed by atoms with van der Waals surface area (Å²) >= 11 is 1.65. The average Bonchev–Trinajstić information content (AvgIpc) is 3.01. The van der Waals surface area contributed by atoms with E-state index in [0.717, 1.165) is 23.7 Å². The Morgan fingerprint density at radius 3 is 3.11 bits per heavy atom. The van der Waals surface area contributed by atoms with Crippen LogP contribution in [0, 0.1) is 0 Å². The zero-order valence-electron chi connectivity index (χ0n) is 10.1. The quantitative estimate of drug-likeness (QED) is 0.867. The molecule has 1 amide bonds. The van der Waals surface area contributed by atoms with Gasteiger partial charge >= 0.3 is 0 Å². The molecule has 0 radical (unpaired) electrons. The third kappa shape index (κ3) is 1.76. The lowest BCUT2D eigenvalue weighted by atomic mass is 10.1. The van der Waals surface area contributed by atoms with Crippen molar-refractivity contribution in [2.24, 2.45) is 0 Å². The Kier molecular flexibility index (Phi) is 2.93. The molecule has 94 valence electrons. The van der Waals surface area contributed by atoms with E-state index in [2.05, 4.69) is 21.7 Å². The summed E-state index contributed by atoms with van der Waals surface area (Å²) in [6, 6.07) is 5.74. The zero-order valence-corrected chi connectivity index (χ0v) is 11.0. The fourth-order valence-corrected chi connectivity index (χ4v) is 3.46. The van der Waals surface area contributed by atoms with Crippen molar-refractivity contribution in [3.8, 4) is 0 Å². The van der Waals surface area contributed by atoms with Gasteiger partial charge in [-0.15, -0.1) is 11.3 Å². The molecule has 3 heterocycles. The van der Waals surface area contributed by atoms with Crippen LogP contribution in [0.3, 0.4) is 0 Å². The third-order valence-electron chi connectivity index (χ3n) is 3.32. The monoisotopic (exact) mass is 261 g/mol. The molecule has 0 aliphatic carbocycles. The summed E-state index contributed by atoms with van der Waals surface area (Å²) in [4.78, 5) is 18.7. The molecule has 1 atom stereocenters. The van der Waals surface area contributed by atoms with Crippen LogP contribution in [0.4, 0.5) is 5.82 Å². The average molecular weight is 261 g/mol. The first-order valence-electron chi connectivity index (χ1n) is 5.99. The molecule has 5 heteroatoms. The van der Waals surface area contributed by atoms with Gasteiger partial charge in [-0.3, -0.25) is 9.69 Å². The fourth-order valence-electron chi connectivity index (χ4n) is 2.40. The first-order valence-corrected chi connectivity index (χ1v) is 6.87. The van der Waals surface area contributed by atoms with Crippen molar-refractivity contribution in [1.29, 1.82) is 0 Å². The van der Waals surface area contributed by atoms with E-state index in [0.29, 0.717) is 0 Å². The van der Waals surface area contributed by atoms with E-state index in [1.165, 1.54) is 5.56 Å².